The number of carboxylic acids is 1. The van der Waals surface area contributed by atoms with Crippen LogP contribution in [0.2, 0.25) is 0 Å². The van der Waals surface area contributed by atoms with Crippen molar-refractivity contribution in [1.82, 2.24) is 10.2 Å². The summed E-state index contributed by atoms with van der Waals surface area (Å²) in [4.78, 5) is 23.3. The number of carbonyl (C=O) groups is 2. The molecular weight excluding hydrogens is 212 g/mol. The number of aliphatic hydroxyl groups excluding tert-OH is 1. The molecule has 6 heteroatoms. The average molecular weight is 230 g/mol. The molecular formula is C10H18N2O4. The van der Waals surface area contributed by atoms with E-state index in [0.29, 0.717) is 38.9 Å². The Morgan fingerprint density at radius 1 is 1.38 bits per heavy atom. The van der Waals surface area contributed by atoms with E-state index in [-0.39, 0.29) is 12.5 Å². The van der Waals surface area contributed by atoms with Crippen molar-refractivity contribution in [2.24, 2.45) is 0 Å². The first-order chi connectivity index (χ1) is 7.59. The summed E-state index contributed by atoms with van der Waals surface area (Å²) in [5.41, 5.74) is 0. The van der Waals surface area contributed by atoms with E-state index < -0.39 is 12.1 Å². The molecule has 0 bridgehead atoms. The summed E-state index contributed by atoms with van der Waals surface area (Å²) in [7, 11) is 0. The first-order valence-corrected chi connectivity index (χ1v) is 5.52. The number of β-amino-alcohol motifs (C(OH)–C–C–N with tert-alkyl or cyclic N) is 1. The number of rotatable bonds is 5. The minimum Gasteiger partial charge on any atom is -0.481 e. The molecule has 0 aromatic heterocycles. The number of nitrogens with one attached hydrogen (secondary N) is 1. The first kappa shape index (κ1) is 12.8. The molecule has 0 aromatic carbocycles. The van der Waals surface area contributed by atoms with Gasteiger partial charge in [0.1, 0.15) is 0 Å². The molecule has 6 nitrogen and oxygen atoms in total. The predicted octanol–water partition coefficient (Wildman–Crippen LogP) is 0.0175. The van der Waals surface area contributed by atoms with Gasteiger partial charge in [-0.2, -0.15) is 0 Å². The van der Waals surface area contributed by atoms with Gasteiger partial charge in [0.05, 0.1) is 6.10 Å². The summed E-state index contributed by atoms with van der Waals surface area (Å²) < 4.78 is 0. The minimum absolute atomic E-state index is 0.137. The van der Waals surface area contributed by atoms with Crippen LogP contribution in [0.25, 0.3) is 0 Å². The lowest BCUT2D eigenvalue weighted by Gasteiger charge is -2.16. The largest absolute Gasteiger partial charge is 0.481 e. The summed E-state index contributed by atoms with van der Waals surface area (Å²) in [5.74, 6) is -0.811. The molecule has 3 N–H and O–H groups in total. The van der Waals surface area contributed by atoms with E-state index in [2.05, 4.69) is 5.32 Å². The smallest absolute Gasteiger partial charge is 0.317 e. The van der Waals surface area contributed by atoms with Crippen molar-refractivity contribution < 1.29 is 19.8 Å². The molecule has 1 atom stereocenters. The molecule has 16 heavy (non-hydrogen) atoms. The van der Waals surface area contributed by atoms with E-state index in [1.165, 1.54) is 0 Å². The zero-order valence-electron chi connectivity index (χ0n) is 9.19. The minimum atomic E-state index is -0.811. The van der Waals surface area contributed by atoms with Gasteiger partial charge in [-0.15, -0.1) is 0 Å². The summed E-state index contributed by atoms with van der Waals surface area (Å²) in [5, 5.41) is 20.3. The van der Waals surface area contributed by atoms with E-state index in [0.717, 1.165) is 0 Å². The lowest BCUT2D eigenvalue weighted by Crippen LogP contribution is -2.39. The second-order valence-electron chi connectivity index (χ2n) is 3.97. The fourth-order valence-corrected chi connectivity index (χ4v) is 1.63. The van der Waals surface area contributed by atoms with Gasteiger partial charge in [-0.25, -0.2) is 4.79 Å². The number of hydrogen-bond acceptors (Lipinski definition) is 3. The quantitative estimate of drug-likeness (QED) is 0.581. The molecule has 1 rings (SSSR count). The zero-order chi connectivity index (χ0) is 12.0. The molecule has 0 radical (unpaired) electrons. The van der Waals surface area contributed by atoms with Gasteiger partial charge in [0, 0.05) is 26.1 Å². The molecule has 1 fully saturated rings. The Hall–Kier alpha value is -1.30. The lowest BCUT2D eigenvalue weighted by atomic mass is 10.2. The fourth-order valence-electron chi connectivity index (χ4n) is 1.63. The molecule has 1 unspecified atom stereocenters. The van der Waals surface area contributed by atoms with Gasteiger partial charge in [-0.1, -0.05) is 0 Å². The highest BCUT2D eigenvalue weighted by molar-refractivity contribution is 5.74. The van der Waals surface area contributed by atoms with Crippen LogP contribution >= 0.6 is 0 Å². The second kappa shape index (κ2) is 6.32. The number of nitrogens with zero attached hydrogens (tertiary/aromatic N) is 1. The van der Waals surface area contributed by atoms with E-state index in [1.807, 2.05) is 0 Å². The second-order valence-corrected chi connectivity index (χ2v) is 3.97. The Balaban J connectivity index is 2.04. The number of urea groups is 1. The number of unbranched alkanes of at least 4 members (excludes halogenated alkanes) is 1. The van der Waals surface area contributed by atoms with Crippen molar-refractivity contribution in [1.29, 1.82) is 0 Å². The van der Waals surface area contributed by atoms with Gasteiger partial charge in [-0.3, -0.25) is 4.79 Å². The number of amides is 2. The maximum Gasteiger partial charge on any atom is 0.317 e. The Morgan fingerprint density at radius 2 is 2.12 bits per heavy atom. The molecule has 0 saturated carbocycles. The molecule has 2 amide bonds. The number of hydrogen-bond donors (Lipinski definition) is 3. The van der Waals surface area contributed by atoms with Gasteiger partial charge in [0.25, 0.3) is 0 Å². The highest BCUT2D eigenvalue weighted by atomic mass is 16.4. The highest BCUT2D eigenvalue weighted by Crippen LogP contribution is 2.08. The number of carbonyl (C=O) groups excluding carboxylic acids is 1. The van der Waals surface area contributed by atoms with Crippen LogP contribution in [0.15, 0.2) is 0 Å². The molecule has 1 saturated heterocycles. The maximum absolute atomic E-state index is 11.5. The monoisotopic (exact) mass is 230 g/mol. The van der Waals surface area contributed by atoms with E-state index >= 15 is 0 Å². The molecule has 1 aliphatic rings. The summed E-state index contributed by atoms with van der Waals surface area (Å²) in [6.45, 7) is 1.46. The van der Waals surface area contributed by atoms with Crippen molar-refractivity contribution in [3.8, 4) is 0 Å². The van der Waals surface area contributed by atoms with Crippen LogP contribution < -0.4 is 5.32 Å². The molecule has 92 valence electrons. The highest BCUT2D eigenvalue weighted by Gasteiger charge is 2.23. The number of aliphatic hydroxyl groups is 1. The third kappa shape index (κ3) is 4.48. The first-order valence-electron chi connectivity index (χ1n) is 5.52. The number of carboxylic acid groups (broad SMARTS) is 1. The summed E-state index contributed by atoms with van der Waals surface area (Å²) >= 11 is 0. The van der Waals surface area contributed by atoms with Crippen molar-refractivity contribution >= 4 is 12.0 Å². The van der Waals surface area contributed by atoms with Crippen molar-refractivity contribution in [3.63, 3.8) is 0 Å². The zero-order valence-corrected chi connectivity index (χ0v) is 9.19. The third-order valence-corrected chi connectivity index (χ3v) is 2.54. The average Bonchev–Trinajstić information content (AvgIpc) is 2.63. The van der Waals surface area contributed by atoms with Gasteiger partial charge < -0.3 is 20.4 Å². The summed E-state index contributed by atoms with van der Waals surface area (Å²) in [6, 6.07) is -0.174. The van der Waals surface area contributed by atoms with Gasteiger partial charge in [0.2, 0.25) is 0 Å². The van der Waals surface area contributed by atoms with Crippen LogP contribution in [0.3, 0.4) is 0 Å². The summed E-state index contributed by atoms with van der Waals surface area (Å²) in [6.07, 6.45) is 1.59. The fraction of sp³-hybridized carbons (Fsp3) is 0.800. The topological polar surface area (TPSA) is 89.9 Å². The van der Waals surface area contributed by atoms with Crippen LogP contribution in [0.1, 0.15) is 25.7 Å². The Morgan fingerprint density at radius 3 is 2.69 bits per heavy atom. The maximum atomic E-state index is 11.5. The van der Waals surface area contributed by atoms with Crippen LogP contribution in [0.5, 0.6) is 0 Å². The van der Waals surface area contributed by atoms with Crippen LogP contribution in [0.4, 0.5) is 4.79 Å². The van der Waals surface area contributed by atoms with Crippen molar-refractivity contribution in [3.05, 3.63) is 0 Å². The van der Waals surface area contributed by atoms with Crippen LogP contribution in [-0.2, 0) is 4.79 Å². The number of likely N-dealkylation sites (tertiary alicyclic amines) is 1. The molecule has 0 aliphatic carbocycles. The lowest BCUT2D eigenvalue weighted by molar-refractivity contribution is -0.137. The van der Waals surface area contributed by atoms with Gasteiger partial charge in [-0.05, 0) is 19.3 Å². The van der Waals surface area contributed by atoms with Crippen LogP contribution in [0, 0.1) is 0 Å². The SMILES string of the molecule is O=C(O)CCCCNC(=O)N1CCC(O)C1. The standard InChI is InChI=1S/C10H18N2O4/c13-8-4-6-12(7-8)10(16)11-5-2-1-3-9(14)15/h8,13H,1-7H2,(H,11,16)(H,14,15). The van der Waals surface area contributed by atoms with E-state index in [4.69, 9.17) is 5.11 Å². The van der Waals surface area contributed by atoms with Gasteiger partial charge in [0.15, 0.2) is 0 Å². The Bertz CT molecular complexity index is 257. The van der Waals surface area contributed by atoms with Crippen molar-refractivity contribution in [2.45, 2.75) is 31.8 Å². The normalized spacial score (nSPS) is 19.8. The molecule has 0 aromatic rings. The van der Waals surface area contributed by atoms with E-state index in [9.17, 15) is 14.7 Å². The molecule has 1 aliphatic heterocycles. The Labute approximate surface area is 94.2 Å². The number of aliphatic carboxylic acids is 1. The van der Waals surface area contributed by atoms with Gasteiger partial charge >= 0.3 is 12.0 Å². The van der Waals surface area contributed by atoms with Crippen molar-refractivity contribution in [2.75, 3.05) is 19.6 Å². The third-order valence-electron chi connectivity index (χ3n) is 2.54. The molecule has 1 heterocycles. The predicted molar refractivity (Wildman–Crippen MR) is 57.1 cm³/mol. The van der Waals surface area contributed by atoms with Crippen LogP contribution in [-0.4, -0.2) is 52.9 Å². The Kier molecular flexibility index (Phi) is 5.04. The van der Waals surface area contributed by atoms with E-state index in [1.54, 1.807) is 4.90 Å². The molecule has 0 spiro atoms.